The first-order valence-electron chi connectivity index (χ1n) is 8.11. The van der Waals surface area contributed by atoms with Crippen molar-refractivity contribution >= 4 is 6.03 Å². The molecule has 3 aliphatic rings. The molecular weight excluding hydrogens is 256 g/mol. The van der Waals surface area contributed by atoms with E-state index in [9.17, 15) is 9.90 Å². The van der Waals surface area contributed by atoms with Gasteiger partial charge in [0.05, 0.1) is 18.2 Å². The average molecular weight is 282 g/mol. The van der Waals surface area contributed by atoms with Gasteiger partial charge < -0.3 is 20.5 Å². The Balaban J connectivity index is 1.50. The zero-order valence-electron chi connectivity index (χ0n) is 12.0. The van der Waals surface area contributed by atoms with Crippen LogP contribution >= 0.6 is 0 Å². The maximum absolute atomic E-state index is 12.1. The summed E-state index contributed by atoms with van der Waals surface area (Å²) in [5.41, 5.74) is 0. The van der Waals surface area contributed by atoms with E-state index < -0.39 is 0 Å². The predicted molar refractivity (Wildman–Crippen MR) is 75.4 cm³/mol. The number of urea groups is 1. The fourth-order valence-corrected chi connectivity index (χ4v) is 4.01. The second-order valence-electron chi connectivity index (χ2n) is 6.48. The Kier molecular flexibility index (Phi) is 4.46. The third kappa shape index (κ3) is 3.09. The minimum Gasteiger partial charge on any atom is -0.391 e. The van der Waals surface area contributed by atoms with Crippen LogP contribution in [0.25, 0.3) is 0 Å². The third-order valence-corrected chi connectivity index (χ3v) is 5.14. The fourth-order valence-electron chi connectivity index (χ4n) is 4.01. The van der Waals surface area contributed by atoms with E-state index in [-0.39, 0.29) is 24.2 Å². The minimum absolute atomic E-state index is 0.0806. The van der Waals surface area contributed by atoms with Crippen LogP contribution in [0.2, 0.25) is 0 Å². The summed E-state index contributed by atoms with van der Waals surface area (Å²) in [5.74, 6) is 0.478. The van der Waals surface area contributed by atoms with E-state index in [2.05, 4.69) is 10.6 Å². The zero-order valence-corrected chi connectivity index (χ0v) is 12.0. The van der Waals surface area contributed by atoms with Crippen molar-refractivity contribution in [3.63, 3.8) is 0 Å². The molecule has 114 valence electrons. The number of amides is 2. The molecular formula is C15H26N2O3. The average Bonchev–Trinajstić information content (AvgIpc) is 2.91. The van der Waals surface area contributed by atoms with Gasteiger partial charge in [-0.3, -0.25) is 0 Å². The highest BCUT2D eigenvalue weighted by Gasteiger charge is 2.38. The number of carbonyl (C=O) groups is 1. The van der Waals surface area contributed by atoms with Crippen LogP contribution in [0.5, 0.6) is 0 Å². The quantitative estimate of drug-likeness (QED) is 0.719. The fraction of sp³-hybridized carbons (Fsp3) is 0.933. The summed E-state index contributed by atoms with van der Waals surface area (Å²) in [6, 6.07) is 0.0356. The summed E-state index contributed by atoms with van der Waals surface area (Å²) in [7, 11) is 0. The van der Waals surface area contributed by atoms with Crippen molar-refractivity contribution in [3.8, 4) is 0 Å². The van der Waals surface area contributed by atoms with Gasteiger partial charge in [0, 0.05) is 18.6 Å². The van der Waals surface area contributed by atoms with Gasteiger partial charge >= 0.3 is 6.03 Å². The molecule has 0 radical (unpaired) electrons. The molecule has 2 saturated carbocycles. The second kappa shape index (κ2) is 6.31. The summed E-state index contributed by atoms with van der Waals surface area (Å²) >= 11 is 0. The Morgan fingerprint density at radius 3 is 2.55 bits per heavy atom. The molecule has 5 nitrogen and oxygen atoms in total. The van der Waals surface area contributed by atoms with Crippen molar-refractivity contribution in [2.24, 2.45) is 5.92 Å². The van der Waals surface area contributed by atoms with Gasteiger partial charge in [-0.15, -0.1) is 0 Å². The van der Waals surface area contributed by atoms with Gasteiger partial charge in [0.15, 0.2) is 0 Å². The molecule has 0 bridgehead atoms. The number of hydrogen-bond acceptors (Lipinski definition) is 3. The molecule has 2 aliphatic carbocycles. The highest BCUT2D eigenvalue weighted by Crippen LogP contribution is 2.34. The van der Waals surface area contributed by atoms with Crippen molar-refractivity contribution in [2.45, 2.75) is 75.7 Å². The lowest BCUT2D eigenvalue weighted by atomic mass is 9.82. The first kappa shape index (κ1) is 14.1. The molecule has 3 rings (SSSR count). The Morgan fingerprint density at radius 1 is 0.950 bits per heavy atom. The maximum atomic E-state index is 12.1. The van der Waals surface area contributed by atoms with Gasteiger partial charge in [0.2, 0.25) is 0 Å². The number of hydrogen-bond donors (Lipinski definition) is 3. The number of rotatable bonds is 2. The number of carbonyl (C=O) groups excluding carboxylic acids is 1. The van der Waals surface area contributed by atoms with E-state index in [1.807, 2.05) is 0 Å². The molecule has 5 unspecified atom stereocenters. The Hall–Kier alpha value is -0.810. The molecule has 20 heavy (non-hydrogen) atoms. The largest absolute Gasteiger partial charge is 0.391 e. The van der Waals surface area contributed by atoms with E-state index in [0.717, 1.165) is 58.0 Å². The van der Waals surface area contributed by atoms with Gasteiger partial charge in [-0.2, -0.15) is 0 Å². The maximum Gasteiger partial charge on any atom is 0.315 e. The van der Waals surface area contributed by atoms with E-state index in [0.29, 0.717) is 12.0 Å². The SMILES string of the molecule is O=C(NC1CCCCC1O)NC1CCCC2OCCC12. The van der Waals surface area contributed by atoms with E-state index in [1.165, 1.54) is 0 Å². The van der Waals surface area contributed by atoms with E-state index in [1.54, 1.807) is 0 Å². The van der Waals surface area contributed by atoms with Gasteiger partial charge in [0.1, 0.15) is 0 Å². The van der Waals surface area contributed by atoms with Gasteiger partial charge in [-0.25, -0.2) is 4.79 Å². The predicted octanol–water partition coefficient (Wildman–Crippen LogP) is 1.55. The number of aliphatic hydroxyl groups excluding tert-OH is 1. The Morgan fingerprint density at radius 2 is 1.70 bits per heavy atom. The summed E-state index contributed by atoms with van der Waals surface area (Å²) in [6.07, 6.45) is 8.14. The molecule has 0 aromatic rings. The number of ether oxygens (including phenoxy) is 1. The molecule has 5 heteroatoms. The number of nitrogens with one attached hydrogen (secondary N) is 2. The molecule has 0 spiro atoms. The zero-order chi connectivity index (χ0) is 13.9. The van der Waals surface area contributed by atoms with Gasteiger partial charge in [-0.05, 0) is 38.5 Å². The molecule has 3 fully saturated rings. The van der Waals surface area contributed by atoms with Gasteiger partial charge in [0.25, 0.3) is 0 Å². The topological polar surface area (TPSA) is 70.6 Å². The summed E-state index contributed by atoms with van der Waals surface area (Å²) in [4.78, 5) is 12.1. The molecule has 1 saturated heterocycles. The number of fused-ring (bicyclic) bond motifs is 1. The van der Waals surface area contributed by atoms with E-state index in [4.69, 9.17) is 4.74 Å². The van der Waals surface area contributed by atoms with Crippen molar-refractivity contribution in [1.82, 2.24) is 10.6 Å². The highest BCUT2D eigenvalue weighted by molar-refractivity contribution is 5.74. The molecule has 2 amide bonds. The van der Waals surface area contributed by atoms with Crippen LogP contribution in [-0.2, 0) is 4.74 Å². The third-order valence-electron chi connectivity index (χ3n) is 5.14. The summed E-state index contributed by atoms with van der Waals surface area (Å²) in [5, 5.41) is 16.0. The van der Waals surface area contributed by atoms with Crippen LogP contribution in [0.1, 0.15) is 51.4 Å². The summed E-state index contributed by atoms with van der Waals surface area (Å²) in [6.45, 7) is 0.830. The molecule has 0 aromatic carbocycles. The van der Waals surface area contributed by atoms with Crippen LogP contribution in [0, 0.1) is 5.92 Å². The molecule has 1 heterocycles. The molecule has 5 atom stereocenters. The smallest absolute Gasteiger partial charge is 0.315 e. The lowest BCUT2D eigenvalue weighted by Crippen LogP contribution is -2.54. The van der Waals surface area contributed by atoms with Crippen LogP contribution in [-0.4, -0.2) is 42.0 Å². The first-order valence-corrected chi connectivity index (χ1v) is 8.11. The monoisotopic (exact) mass is 282 g/mol. The van der Waals surface area contributed by atoms with Crippen LogP contribution in [0.3, 0.4) is 0 Å². The lowest BCUT2D eigenvalue weighted by molar-refractivity contribution is 0.0540. The van der Waals surface area contributed by atoms with Gasteiger partial charge in [-0.1, -0.05) is 12.8 Å². The Labute approximate surface area is 120 Å². The molecule has 0 aromatic heterocycles. The Bertz CT molecular complexity index is 350. The van der Waals surface area contributed by atoms with Crippen LogP contribution < -0.4 is 10.6 Å². The second-order valence-corrected chi connectivity index (χ2v) is 6.48. The first-order chi connectivity index (χ1) is 9.74. The normalized spacial score (nSPS) is 41.0. The van der Waals surface area contributed by atoms with Crippen LogP contribution in [0.4, 0.5) is 4.79 Å². The molecule has 1 aliphatic heterocycles. The van der Waals surface area contributed by atoms with Crippen LogP contribution in [0.15, 0.2) is 0 Å². The minimum atomic E-state index is -0.386. The highest BCUT2D eigenvalue weighted by atomic mass is 16.5. The van der Waals surface area contributed by atoms with E-state index >= 15 is 0 Å². The number of aliphatic hydroxyl groups is 1. The summed E-state index contributed by atoms with van der Waals surface area (Å²) < 4.78 is 5.72. The van der Waals surface area contributed by atoms with Crippen molar-refractivity contribution in [1.29, 1.82) is 0 Å². The van der Waals surface area contributed by atoms with Crippen molar-refractivity contribution in [3.05, 3.63) is 0 Å². The molecule has 3 N–H and O–H groups in total. The van der Waals surface area contributed by atoms with Crippen molar-refractivity contribution in [2.75, 3.05) is 6.61 Å². The standard InChI is InChI=1S/C15H26N2O3/c18-13-6-2-1-4-12(13)17-15(19)16-11-5-3-7-14-10(11)8-9-20-14/h10-14,18H,1-9H2,(H2,16,17,19). The lowest BCUT2D eigenvalue weighted by Gasteiger charge is -2.34. The van der Waals surface area contributed by atoms with Crippen molar-refractivity contribution < 1.29 is 14.6 Å².